The van der Waals surface area contributed by atoms with E-state index in [0.717, 1.165) is 4.47 Å². The molecule has 0 aromatic heterocycles. The van der Waals surface area contributed by atoms with Crippen LogP contribution in [-0.4, -0.2) is 35.5 Å². The van der Waals surface area contributed by atoms with E-state index in [1.807, 2.05) is 6.92 Å². The number of carboxylic acid groups (broad SMARTS) is 1. The number of carboxylic acids is 1. The number of nitrogens with one attached hydrogen (secondary N) is 2. The van der Waals surface area contributed by atoms with Crippen molar-refractivity contribution in [2.45, 2.75) is 32.2 Å². The van der Waals surface area contributed by atoms with Crippen molar-refractivity contribution in [3.05, 3.63) is 34.3 Å². The largest absolute Gasteiger partial charge is 0.480 e. The van der Waals surface area contributed by atoms with Crippen LogP contribution in [0, 0.1) is 0 Å². The maximum Gasteiger partial charge on any atom is 0.326 e. The van der Waals surface area contributed by atoms with Gasteiger partial charge < -0.3 is 15.7 Å². The van der Waals surface area contributed by atoms with Crippen LogP contribution in [0.15, 0.2) is 28.7 Å². The molecule has 7 heteroatoms. The van der Waals surface area contributed by atoms with Crippen molar-refractivity contribution in [1.82, 2.24) is 10.6 Å². The Morgan fingerprint density at radius 1 is 1.23 bits per heavy atom. The monoisotopic (exact) mass is 370 g/mol. The molecule has 3 N–H and O–H groups in total. The lowest BCUT2D eigenvalue weighted by Gasteiger charge is -2.13. The molecular formula is C15H19BrN2O4. The second-order valence-corrected chi connectivity index (χ2v) is 5.68. The van der Waals surface area contributed by atoms with Crippen LogP contribution in [0.5, 0.6) is 0 Å². The Labute approximate surface area is 137 Å². The van der Waals surface area contributed by atoms with Crippen molar-refractivity contribution in [2.75, 3.05) is 6.54 Å². The molecule has 120 valence electrons. The van der Waals surface area contributed by atoms with Crippen molar-refractivity contribution in [1.29, 1.82) is 0 Å². The second-order valence-electron chi connectivity index (χ2n) is 4.76. The van der Waals surface area contributed by atoms with E-state index in [0.29, 0.717) is 18.4 Å². The standard InChI is InChI=1S/C15H19BrN2O4/c1-2-3-12(15(21)22)18-13(19)8-9-17-14(20)10-4-6-11(16)7-5-10/h4-7,12H,2-3,8-9H2,1H3,(H,17,20)(H,18,19)(H,21,22). The number of rotatable bonds is 8. The average molecular weight is 371 g/mol. The first kappa shape index (κ1) is 18.2. The maximum absolute atomic E-state index is 11.8. The second kappa shape index (κ2) is 9.19. The Hall–Kier alpha value is -1.89. The lowest BCUT2D eigenvalue weighted by atomic mass is 10.1. The van der Waals surface area contributed by atoms with Gasteiger partial charge in [-0.1, -0.05) is 29.3 Å². The van der Waals surface area contributed by atoms with Crippen LogP contribution in [0.25, 0.3) is 0 Å². The van der Waals surface area contributed by atoms with Gasteiger partial charge in [0.1, 0.15) is 6.04 Å². The first-order valence-corrected chi connectivity index (χ1v) is 7.79. The van der Waals surface area contributed by atoms with Crippen LogP contribution >= 0.6 is 15.9 Å². The van der Waals surface area contributed by atoms with Gasteiger partial charge in [0.05, 0.1) is 0 Å². The molecule has 0 saturated heterocycles. The molecule has 1 rings (SSSR count). The fourth-order valence-corrected chi connectivity index (χ4v) is 2.07. The molecule has 22 heavy (non-hydrogen) atoms. The van der Waals surface area contributed by atoms with E-state index in [1.54, 1.807) is 24.3 Å². The molecule has 0 fully saturated rings. The van der Waals surface area contributed by atoms with Gasteiger partial charge in [0.15, 0.2) is 0 Å². The summed E-state index contributed by atoms with van der Waals surface area (Å²) in [5, 5.41) is 14.0. The number of halogens is 1. The summed E-state index contributed by atoms with van der Waals surface area (Å²) >= 11 is 3.28. The first-order valence-electron chi connectivity index (χ1n) is 7.00. The smallest absolute Gasteiger partial charge is 0.326 e. The number of benzene rings is 1. The molecule has 0 aliphatic carbocycles. The van der Waals surface area contributed by atoms with Crippen molar-refractivity contribution in [2.24, 2.45) is 0 Å². The summed E-state index contributed by atoms with van der Waals surface area (Å²) in [4.78, 5) is 34.4. The van der Waals surface area contributed by atoms with E-state index in [-0.39, 0.29) is 18.9 Å². The Morgan fingerprint density at radius 3 is 2.41 bits per heavy atom. The van der Waals surface area contributed by atoms with Crippen LogP contribution in [0.4, 0.5) is 0 Å². The summed E-state index contributed by atoms with van der Waals surface area (Å²) in [6, 6.07) is 5.97. The molecular weight excluding hydrogens is 352 g/mol. The summed E-state index contributed by atoms with van der Waals surface area (Å²) < 4.78 is 0.874. The molecule has 0 spiro atoms. The molecule has 0 bridgehead atoms. The number of carbonyl (C=O) groups is 3. The minimum absolute atomic E-state index is 0.0375. The lowest BCUT2D eigenvalue weighted by molar-refractivity contribution is -0.142. The van der Waals surface area contributed by atoms with E-state index in [9.17, 15) is 14.4 Å². The highest BCUT2D eigenvalue weighted by Crippen LogP contribution is 2.10. The van der Waals surface area contributed by atoms with Gasteiger partial charge in [-0.2, -0.15) is 0 Å². The highest BCUT2D eigenvalue weighted by Gasteiger charge is 2.18. The fourth-order valence-electron chi connectivity index (χ4n) is 1.81. The number of aliphatic carboxylic acids is 1. The zero-order valence-corrected chi connectivity index (χ0v) is 13.9. The average Bonchev–Trinajstić information content (AvgIpc) is 2.47. The summed E-state index contributed by atoms with van der Waals surface area (Å²) in [5.74, 6) is -1.71. The predicted octanol–water partition coefficient (Wildman–Crippen LogP) is 1.94. The molecule has 2 amide bonds. The molecule has 1 atom stereocenters. The number of hydrogen-bond acceptors (Lipinski definition) is 3. The molecule has 1 unspecified atom stereocenters. The minimum atomic E-state index is -1.05. The van der Waals surface area contributed by atoms with E-state index in [1.165, 1.54) is 0 Å². The van der Waals surface area contributed by atoms with Crippen LogP contribution in [0.3, 0.4) is 0 Å². The third kappa shape index (κ3) is 6.26. The summed E-state index contributed by atoms with van der Waals surface area (Å²) in [6.45, 7) is 2.00. The van der Waals surface area contributed by atoms with Gasteiger partial charge in [-0.3, -0.25) is 9.59 Å². The highest BCUT2D eigenvalue weighted by atomic mass is 79.9. The Bertz CT molecular complexity index is 531. The molecule has 6 nitrogen and oxygen atoms in total. The first-order chi connectivity index (χ1) is 10.4. The summed E-state index contributed by atoms with van der Waals surface area (Å²) in [5.41, 5.74) is 0.498. The van der Waals surface area contributed by atoms with Gasteiger partial charge in [-0.15, -0.1) is 0 Å². The zero-order chi connectivity index (χ0) is 16.5. The van der Waals surface area contributed by atoms with E-state index in [2.05, 4.69) is 26.6 Å². The summed E-state index contributed by atoms with van der Waals surface area (Å²) in [7, 11) is 0. The van der Waals surface area contributed by atoms with Crippen LogP contribution in [0.1, 0.15) is 36.5 Å². The molecule has 0 heterocycles. The fraction of sp³-hybridized carbons (Fsp3) is 0.400. The van der Waals surface area contributed by atoms with Gasteiger partial charge in [0.2, 0.25) is 5.91 Å². The topological polar surface area (TPSA) is 95.5 Å². The molecule has 1 aromatic rings. The molecule has 0 aliphatic rings. The van der Waals surface area contributed by atoms with Gasteiger partial charge in [-0.05, 0) is 30.7 Å². The lowest BCUT2D eigenvalue weighted by Crippen LogP contribution is -2.41. The predicted molar refractivity (Wildman–Crippen MR) is 85.6 cm³/mol. The molecule has 0 aliphatic heterocycles. The molecule has 0 radical (unpaired) electrons. The Balaban J connectivity index is 2.36. The van der Waals surface area contributed by atoms with Crippen molar-refractivity contribution >= 4 is 33.7 Å². The van der Waals surface area contributed by atoms with Crippen molar-refractivity contribution in [3.63, 3.8) is 0 Å². The Kier molecular flexibility index (Phi) is 7.59. The number of hydrogen-bond donors (Lipinski definition) is 3. The normalized spacial score (nSPS) is 11.5. The van der Waals surface area contributed by atoms with E-state index < -0.39 is 17.9 Å². The minimum Gasteiger partial charge on any atom is -0.480 e. The van der Waals surface area contributed by atoms with Gasteiger partial charge >= 0.3 is 5.97 Å². The highest BCUT2D eigenvalue weighted by molar-refractivity contribution is 9.10. The molecule has 1 aromatic carbocycles. The van der Waals surface area contributed by atoms with Crippen molar-refractivity contribution < 1.29 is 19.5 Å². The van der Waals surface area contributed by atoms with E-state index in [4.69, 9.17) is 5.11 Å². The van der Waals surface area contributed by atoms with Gasteiger partial charge in [-0.25, -0.2) is 4.79 Å². The summed E-state index contributed by atoms with van der Waals surface area (Å²) in [6.07, 6.45) is 1.08. The SMILES string of the molecule is CCCC(NC(=O)CCNC(=O)c1ccc(Br)cc1)C(=O)O. The Morgan fingerprint density at radius 2 is 1.86 bits per heavy atom. The van der Waals surface area contributed by atoms with E-state index >= 15 is 0 Å². The van der Waals surface area contributed by atoms with Crippen LogP contribution in [-0.2, 0) is 9.59 Å². The number of amides is 2. The zero-order valence-electron chi connectivity index (χ0n) is 12.3. The third-order valence-electron chi connectivity index (χ3n) is 2.95. The molecule has 0 saturated carbocycles. The van der Waals surface area contributed by atoms with Gasteiger partial charge in [0.25, 0.3) is 5.91 Å². The van der Waals surface area contributed by atoms with Crippen molar-refractivity contribution in [3.8, 4) is 0 Å². The third-order valence-corrected chi connectivity index (χ3v) is 3.48. The quantitative estimate of drug-likeness (QED) is 0.651. The van der Waals surface area contributed by atoms with Crippen LogP contribution < -0.4 is 10.6 Å². The van der Waals surface area contributed by atoms with Crippen LogP contribution in [0.2, 0.25) is 0 Å². The number of carbonyl (C=O) groups excluding carboxylic acids is 2. The maximum atomic E-state index is 11.8. The van der Waals surface area contributed by atoms with Gasteiger partial charge in [0, 0.05) is 23.0 Å².